The third-order valence-corrected chi connectivity index (χ3v) is 4.62. The van der Waals surface area contributed by atoms with Crippen molar-refractivity contribution in [1.82, 2.24) is 0 Å². The largest absolute Gasteiger partial charge is 0.507 e. The molecule has 0 radical (unpaired) electrons. The lowest BCUT2D eigenvalue weighted by Crippen LogP contribution is -2.03. The van der Waals surface area contributed by atoms with E-state index in [1.54, 1.807) is 38.1 Å². The molecule has 1 N–H and O–H groups in total. The van der Waals surface area contributed by atoms with Crippen LogP contribution < -0.4 is 0 Å². The van der Waals surface area contributed by atoms with Crippen LogP contribution >= 0.6 is 0 Å². The van der Waals surface area contributed by atoms with Crippen LogP contribution in [0.1, 0.15) is 43.7 Å². The fourth-order valence-corrected chi connectivity index (χ4v) is 2.91. The lowest BCUT2D eigenvalue weighted by atomic mass is 9.98. The first kappa shape index (κ1) is 19.8. The van der Waals surface area contributed by atoms with Crippen LogP contribution in [0.25, 0.3) is 0 Å². The number of phenols is 1. The van der Waals surface area contributed by atoms with Gasteiger partial charge in [-0.2, -0.15) is 0 Å². The Morgan fingerprint density at radius 1 is 0.750 bits per heavy atom. The quantitative estimate of drug-likeness (QED) is 0.267. The molecule has 3 aromatic carbocycles. The van der Waals surface area contributed by atoms with Crippen molar-refractivity contribution in [2.75, 3.05) is 0 Å². The minimum atomic E-state index is -0.0747. The van der Waals surface area contributed by atoms with E-state index in [9.17, 15) is 9.90 Å². The molecule has 3 aromatic rings. The number of aromatic hydroxyl groups is 1. The Labute approximate surface area is 165 Å². The molecule has 3 rings (SSSR count). The normalized spacial score (nSPS) is 10.8. The van der Waals surface area contributed by atoms with Gasteiger partial charge in [0, 0.05) is 11.1 Å². The van der Waals surface area contributed by atoms with Gasteiger partial charge in [-0.1, -0.05) is 54.1 Å². The maximum atomic E-state index is 12.7. The van der Waals surface area contributed by atoms with E-state index in [4.69, 9.17) is 9.78 Å². The topological polar surface area (TPSA) is 55.8 Å². The number of benzene rings is 3. The number of rotatable bonds is 7. The summed E-state index contributed by atoms with van der Waals surface area (Å²) in [5, 5.41) is 9.87. The van der Waals surface area contributed by atoms with E-state index in [-0.39, 0.29) is 11.5 Å². The van der Waals surface area contributed by atoms with Gasteiger partial charge in [-0.25, -0.2) is 9.78 Å². The van der Waals surface area contributed by atoms with Crippen molar-refractivity contribution >= 4 is 5.78 Å². The molecular weight excluding hydrogens is 352 g/mol. The number of aryl methyl sites for hydroxylation is 3. The molecule has 0 heterocycles. The molecule has 0 aliphatic heterocycles. The van der Waals surface area contributed by atoms with Gasteiger partial charge in [0.1, 0.15) is 19.0 Å². The van der Waals surface area contributed by atoms with Crippen LogP contribution in [-0.4, -0.2) is 10.9 Å². The maximum Gasteiger partial charge on any atom is 0.193 e. The Balaban J connectivity index is 1.56. The molecule has 0 saturated carbocycles. The van der Waals surface area contributed by atoms with Crippen LogP contribution in [-0.2, 0) is 23.0 Å². The lowest BCUT2D eigenvalue weighted by molar-refractivity contribution is -0.313. The number of ketones is 1. The van der Waals surface area contributed by atoms with E-state index in [0.29, 0.717) is 35.5 Å². The third kappa shape index (κ3) is 4.85. The van der Waals surface area contributed by atoms with E-state index >= 15 is 0 Å². The number of hydrogen-bond acceptors (Lipinski definition) is 4. The van der Waals surface area contributed by atoms with E-state index in [2.05, 4.69) is 0 Å². The van der Waals surface area contributed by atoms with Crippen LogP contribution in [0.4, 0.5) is 0 Å². The maximum absolute atomic E-state index is 12.7. The summed E-state index contributed by atoms with van der Waals surface area (Å²) >= 11 is 0. The number of carbonyl (C=O) groups excluding carboxylic acids is 1. The summed E-state index contributed by atoms with van der Waals surface area (Å²) in [7, 11) is 0. The van der Waals surface area contributed by atoms with Crippen molar-refractivity contribution in [3.8, 4) is 5.75 Å². The molecule has 0 aliphatic rings. The Hall–Kier alpha value is -2.95. The molecule has 0 bridgehead atoms. The first-order valence-electron chi connectivity index (χ1n) is 9.18. The molecule has 0 amide bonds. The molecule has 0 atom stereocenters. The highest BCUT2D eigenvalue weighted by molar-refractivity contribution is 6.09. The summed E-state index contributed by atoms with van der Waals surface area (Å²) in [6, 6.07) is 18.7. The molecule has 0 unspecified atom stereocenters. The van der Waals surface area contributed by atoms with Gasteiger partial charge in [0.15, 0.2) is 5.78 Å². The zero-order valence-electron chi connectivity index (χ0n) is 16.4. The predicted molar refractivity (Wildman–Crippen MR) is 108 cm³/mol. The van der Waals surface area contributed by atoms with Crippen LogP contribution in [0.3, 0.4) is 0 Å². The van der Waals surface area contributed by atoms with Crippen LogP contribution in [0.2, 0.25) is 0 Å². The molecule has 0 fully saturated rings. The van der Waals surface area contributed by atoms with Crippen molar-refractivity contribution in [1.29, 1.82) is 0 Å². The summed E-state index contributed by atoms with van der Waals surface area (Å²) in [6.07, 6.45) is 0. The predicted octanol–water partition coefficient (Wildman–Crippen LogP) is 5.20. The zero-order valence-corrected chi connectivity index (χ0v) is 16.4. The van der Waals surface area contributed by atoms with Crippen molar-refractivity contribution in [3.63, 3.8) is 0 Å². The number of carbonyl (C=O) groups is 1. The average Bonchev–Trinajstić information content (AvgIpc) is 2.70. The third-order valence-electron chi connectivity index (χ3n) is 4.62. The van der Waals surface area contributed by atoms with Gasteiger partial charge >= 0.3 is 0 Å². The summed E-state index contributed by atoms with van der Waals surface area (Å²) in [4.78, 5) is 23.2. The SMILES string of the molecule is Cc1ccc(COOCc2ccc(C(=O)c3cc(C)c(O)c(C)c3)cc2)cc1. The zero-order chi connectivity index (χ0) is 20.1. The first-order chi connectivity index (χ1) is 13.4. The highest BCUT2D eigenvalue weighted by Crippen LogP contribution is 2.24. The summed E-state index contributed by atoms with van der Waals surface area (Å²) in [6.45, 7) is 6.31. The summed E-state index contributed by atoms with van der Waals surface area (Å²) < 4.78 is 0. The minimum Gasteiger partial charge on any atom is -0.507 e. The molecule has 0 aromatic heterocycles. The van der Waals surface area contributed by atoms with E-state index < -0.39 is 0 Å². The van der Waals surface area contributed by atoms with Crippen molar-refractivity contribution in [3.05, 3.63) is 99.6 Å². The number of hydrogen-bond donors (Lipinski definition) is 1. The van der Waals surface area contributed by atoms with Crippen LogP contribution in [0.5, 0.6) is 5.75 Å². The average molecular weight is 376 g/mol. The highest BCUT2D eigenvalue weighted by Gasteiger charge is 2.12. The van der Waals surface area contributed by atoms with E-state index in [1.165, 1.54) is 5.56 Å². The Morgan fingerprint density at radius 2 is 1.21 bits per heavy atom. The van der Waals surface area contributed by atoms with E-state index in [0.717, 1.165) is 11.1 Å². The van der Waals surface area contributed by atoms with Gasteiger partial charge < -0.3 is 5.11 Å². The monoisotopic (exact) mass is 376 g/mol. The second-order valence-electron chi connectivity index (χ2n) is 6.99. The smallest absolute Gasteiger partial charge is 0.193 e. The van der Waals surface area contributed by atoms with Gasteiger partial charge in [-0.05, 0) is 55.2 Å². The standard InChI is InChI=1S/C24H24O4/c1-16-4-6-19(7-5-16)14-27-28-15-20-8-10-21(11-9-20)24(26)22-12-17(2)23(25)18(3)13-22/h4-13,25H,14-15H2,1-3H3. The van der Waals surface area contributed by atoms with Gasteiger partial charge in [0.2, 0.25) is 0 Å². The van der Waals surface area contributed by atoms with Crippen molar-refractivity contribution < 1.29 is 19.7 Å². The lowest BCUT2D eigenvalue weighted by Gasteiger charge is -2.08. The van der Waals surface area contributed by atoms with E-state index in [1.807, 2.05) is 43.3 Å². The Bertz CT molecular complexity index is 934. The highest BCUT2D eigenvalue weighted by atomic mass is 17.2. The van der Waals surface area contributed by atoms with Gasteiger partial charge in [0.25, 0.3) is 0 Å². The first-order valence-corrected chi connectivity index (χ1v) is 9.18. The van der Waals surface area contributed by atoms with Crippen LogP contribution in [0.15, 0.2) is 60.7 Å². The van der Waals surface area contributed by atoms with Gasteiger partial charge in [-0.3, -0.25) is 4.79 Å². The van der Waals surface area contributed by atoms with Crippen molar-refractivity contribution in [2.45, 2.75) is 34.0 Å². The second kappa shape index (κ2) is 8.83. The molecule has 0 spiro atoms. The fourth-order valence-electron chi connectivity index (χ4n) is 2.91. The molecule has 4 heteroatoms. The molecule has 144 valence electrons. The summed E-state index contributed by atoms with van der Waals surface area (Å²) in [5.74, 6) is 0.156. The molecule has 0 saturated heterocycles. The summed E-state index contributed by atoms with van der Waals surface area (Å²) in [5.41, 5.74) is 5.71. The van der Waals surface area contributed by atoms with Gasteiger partial charge in [0.05, 0.1) is 0 Å². The fraction of sp³-hybridized carbons (Fsp3) is 0.208. The molecule has 4 nitrogen and oxygen atoms in total. The Morgan fingerprint density at radius 3 is 1.71 bits per heavy atom. The molecule has 0 aliphatic carbocycles. The second-order valence-corrected chi connectivity index (χ2v) is 6.99. The van der Waals surface area contributed by atoms with Gasteiger partial charge in [-0.15, -0.1) is 0 Å². The number of phenolic OH excluding ortho intramolecular Hbond substituents is 1. The molecular formula is C24H24O4. The Kier molecular flexibility index (Phi) is 6.24. The molecule has 28 heavy (non-hydrogen) atoms. The van der Waals surface area contributed by atoms with Crippen molar-refractivity contribution in [2.24, 2.45) is 0 Å². The van der Waals surface area contributed by atoms with Crippen LogP contribution in [0, 0.1) is 20.8 Å². The minimum absolute atomic E-state index is 0.0747.